The molecule has 0 bridgehead atoms. The largest absolute Gasteiger partial charge is 0.493 e. The van der Waals surface area contributed by atoms with Gasteiger partial charge < -0.3 is 14.8 Å². The first-order valence-corrected chi connectivity index (χ1v) is 14.2. The van der Waals surface area contributed by atoms with Crippen molar-refractivity contribution in [1.29, 1.82) is 0 Å². The van der Waals surface area contributed by atoms with Crippen LogP contribution in [0.5, 0.6) is 5.75 Å². The number of benzene rings is 1. The minimum Gasteiger partial charge on any atom is -0.493 e. The van der Waals surface area contributed by atoms with E-state index in [-0.39, 0.29) is 11.5 Å². The Morgan fingerprint density at radius 3 is 2.58 bits per heavy atom. The Balaban J connectivity index is 1.78. The van der Waals surface area contributed by atoms with Crippen molar-refractivity contribution in [3.05, 3.63) is 28.5 Å². The van der Waals surface area contributed by atoms with Crippen molar-refractivity contribution >= 4 is 33.3 Å². The molecule has 12 heteroatoms. The van der Waals surface area contributed by atoms with Gasteiger partial charge in [0.2, 0.25) is 10.0 Å². The highest BCUT2D eigenvalue weighted by Gasteiger charge is 2.29. The number of aromatic nitrogens is 4. The highest BCUT2D eigenvalue weighted by atomic mass is 32.2. The lowest BCUT2D eigenvalue weighted by Crippen LogP contribution is -2.49. The topological polar surface area (TPSA) is 117 Å². The van der Waals surface area contributed by atoms with E-state index in [0.717, 1.165) is 30.5 Å². The van der Waals surface area contributed by atoms with Crippen LogP contribution in [0.1, 0.15) is 32.4 Å². The molecule has 3 aromatic rings. The molecule has 4 rings (SSSR count). The van der Waals surface area contributed by atoms with E-state index < -0.39 is 10.0 Å². The van der Waals surface area contributed by atoms with E-state index in [2.05, 4.69) is 21.9 Å². The van der Waals surface area contributed by atoms with E-state index in [1.165, 1.54) is 4.31 Å². The highest BCUT2D eigenvalue weighted by Crippen LogP contribution is 2.33. The van der Waals surface area contributed by atoms with Crippen molar-refractivity contribution in [3.63, 3.8) is 0 Å². The molecule has 3 heterocycles. The quantitative estimate of drug-likeness (QED) is 0.382. The van der Waals surface area contributed by atoms with E-state index >= 15 is 0 Å². The Labute approximate surface area is 217 Å². The fourth-order valence-corrected chi connectivity index (χ4v) is 6.23. The third kappa shape index (κ3) is 5.32. The van der Waals surface area contributed by atoms with Gasteiger partial charge >= 0.3 is 0 Å². The van der Waals surface area contributed by atoms with Gasteiger partial charge in [0.05, 0.1) is 29.4 Å². The van der Waals surface area contributed by atoms with E-state index in [1.54, 1.807) is 22.9 Å². The molecule has 196 valence electrons. The van der Waals surface area contributed by atoms with Crippen LogP contribution in [-0.4, -0.2) is 88.4 Å². The van der Waals surface area contributed by atoms with Crippen LogP contribution in [0.4, 0.5) is 0 Å². The van der Waals surface area contributed by atoms with Crippen LogP contribution < -0.4 is 4.74 Å². The molecule has 2 N–H and O–H groups in total. The van der Waals surface area contributed by atoms with Crippen LogP contribution in [0.25, 0.3) is 22.4 Å². The maximum atomic E-state index is 13.5. The van der Waals surface area contributed by atoms with Crippen molar-refractivity contribution in [2.45, 2.75) is 38.0 Å². The van der Waals surface area contributed by atoms with Gasteiger partial charge in [0.25, 0.3) is 0 Å². The first-order chi connectivity index (χ1) is 17.3. The highest BCUT2D eigenvalue weighted by molar-refractivity contribution is 7.89. The fraction of sp³-hybridized carbons (Fsp3) is 0.542. The molecular weight excluding hydrogens is 500 g/mol. The second-order valence-corrected chi connectivity index (χ2v) is 11.3. The summed E-state index contributed by atoms with van der Waals surface area (Å²) < 4.78 is 36.8. The summed E-state index contributed by atoms with van der Waals surface area (Å²) >= 11 is 5.65. The first-order valence-electron chi connectivity index (χ1n) is 12.4. The molecule has 0 saturated carbocycles. The van der Waals surface area contributed by atoms with Crippen LogP contribution in [0.2, 0.25) is 0 Å². The zero-order valence-electron chi connectivity index (χ0n) is 21.0. The number of aliphatic hydroxyl groups is 1. The van der Waals surface area contributed by atoms with Gasteiger partial charge in [-0.3, -0.25) is 9.58 Å². The molecule has 0 aliphatic carbocycles. The van der Waals surface area contributed by atoms with Crippen molar-refractivity contribution < 1.29 is 18.3 Å². The predicted molar refractivity (Wildman–Crippen MR) is 141 cm³/mol. The molecule has 10 nitrogen and oxygen atoms in total. The summed E-state index contributed by atoms with van der Waals surface area (Å²) in [5, 5.41) is 13.8. The average molecular weight is 535 g/mol. The number of nitrogens with zero attached hydrogens (tertiary/aromatic N) is 5. The van der Waals surface area contributed by atoms with Gasteiger partial charge in [0, 0.05) is 39.8 Å². The first kappa shape index (κ1) is 26.7. The van der Waals surface area contributed by atoms with E-state index in [1.807, 2.05) is 14.0 Å². The summed E-state index contributed by atoms with van der Waals surface area (Å²) in [5.41, 5.74) is 2.87. The second kappa shape index (κ2) is 11.3. The van der Waals surface area contributed by atoms with Gasteiger partial charge in [-0.1, -0.05) is 32.5 Å². The number of sulfonamides is 1. The lowest BCUT2D eigenvalue weighted by Gasteiger charge is -2.33. The molecule has 0 unspecified atom stereocenters. The van der Waals surface area contributed by atoms with E-state index in [4.69, 9.17) is 21.9 Å². The zero-order chi connectivity index (χ0) is 25.9. The number of β-amino-alcohol motifs (C(OH)–C–C–N with tert-alkyl or cyclic N) is 1. The monoisotopic (exact) mass is 534 g/mol. The summed E-state index contributed by atoms with van der Waals surface area (Å²) in [6.45, 7) is 7.09. The van der Waals surface area contributed by atoms with E-state index in [0.29, 0.717) is 66.6 Å². The van der Waals surface area contributed by atoms with Gasteiger partial charge in [-0.2, -0.15) is 9.40 Å². The zero-order valence-corrected chi connectivity index (χ0v) is 22.7. The maximum absolute atomic E-state index is 13.5. The molecule has 0 atom stereocenters. The summed E-state index contributed by atoms with van der Waals surface area (Å²) in [6, 6.07) is 4.90. The Bertz CT molecular complexity index is 1380. The van der Waals surface area contributed by atoms with Gasteiger partial charge in [0.15, 0.2) is 0 Å². The standard InChI is InChI=1S/C24H34N6O4S2/c1-4-6-19-21-22(28(3)27-19)24(35)26-23(25-21)18-16-17(7-8-20(18)34-15-5-2)36(32,33)30-11-9-29(10-12-30)13-14-31/h7-8,16,31H,4-6,9-15H2,1-3H3,(H,25,26,35). The fourth-order valence-electron chi connectivity index (χ4n) is 4.46. The molecule has 1 fully saturated rings. The summed E-state index contributed by atoms with van der Waals surface area (Å²) in [6.07, 6.45) is 2.49. The molecule has 0 spiro atoms. The third-order valence-electron chi connectivity index (χ3n) is 6.30. The number of aromatic amines is 1. The van der Waals surface area contributed by atoms with Gasteiger partial charge in [-0.05, 0) is 31.0 Å². The summed E-state index contributed by atoms with van der Waals surface area (Å²) in [7, 11) is -1.89. The smallest absolute Gasteiger partial charge is 0.243 e. The number of nitrogens with one attached hydrogen (secondary N) is 1. The van der Waals surface area contributed by atoms with Gasteiger partial charge in [-0.15, -0.1) is 0 Å². The minimum atomic E-state index is -3.73. The number of aliphatic hydroxyl groups excluding tert-OH is 1. The number of hydrogen-bond donors (Lipinski definition) is 2. The van der Waals surface area contributed by atoms with Crippen molar-refractivity contribution in [1.82, 2.24) is 29.0 Å². The van der Waals surface area contributed by atoms with Crippen LogP contribution >= 0.6 is 12.2 Å². The average Bonchev–Trinajstić information content (AvgIpc) is 3.18. The Morgan fingerprint density at radius 1 is 1.17 bits per heavy atom. The number of fused-ring (bicyclic) bond motifs is 1. The van der Waals surface area contributed by atoms with Crippen LogP contribution in [0.15, 0.2) is 23.1 Å². The summed E-state index contributed by atoms with van der Waals surface area (Å²) in [4.78, 5) is 10.3. The Morgan fingerprint density at radius 2 is 1.92 bits per heavy atom. The molecule has 36 heavy (non-hydrogen) atoms. The Hall–Kier alpha value is -2.38. The van der Waals surface area contributed by atoms with Gasteiger partial charge in [0.1, 0.15) is 27.2 Å². The number of rotatable bonds is 10. The molecular formula is C24H34N6O4S2. The number of aryl methyl sites for hydroxylation is 2. The SMILES string of the molecule is CCCOc1ccc(S(=O)(=O)N2CCN(CCO)CC2)cc1-c1nc2c(CCC)nn(C)c2c(=S)[nH]1. The van der Waals surface area contributed by atoms with Crippen LogP contribution in [-0.2, 0) is 23.5 Å². The van der Waals surface area contributed by atoms with Crippen LogP contribution in [0, 0.1) is 4.64 Å². The van der Waals surface area contributed by atoms with Crippen LogP contribution in [0.3, 0.4) is 0 Å². The lowest BCUT2D eigenvalue weighted by atomic mass is 10.1. The maximum Gasteiger partial charge on any atom is 0.243 e. The molecule has 2 aromatic heterocycles. The van der Waals surface area contributed by atoms with Crippen molar-refractivity contribution in [2.24, 2.45) is 7.05 Å². The normalized spacial score (nSPS) is 15.6. The summed E-state index contributed by atoms with van der Waals surface area (Å²) in [5.74, 6) is 0.996. The number of H-pyrrole nitrogens is 1. The van der Waals surface area contributed by atoms with Crippen molar-refractivity contribution in [2.75, 3.05) is 45.9 Å². The number of ether oxygens (including phenoxy) is 1. The molecule has 0 radical (unpaired) electrons. The number of piperazine rings is 1. The molecule has 1 aliphatic rings. The molecule has 1 aliphatic heterocycles. The van der Waals surface area contributed by atoms with E-state index in [9.17, 15) is 13.5 Å². The number of hydrogen-bond acceptors (Lipinski definition) is 8. The third-order valence-corrected chi connectivity index (χ3v) is 8.49. The van der Waals surface area contributed by atoms with Crippen molar-refractivity contribution in [3.8, 4) is 17.1 Å². The Kier molecular flexibility index (Phi) is 8.41. The lowest BCUT2D eigenvalue weighted by molar-refractivity contribution is 0.151. The minimum absolute atomic E-state index is 0.0604. The molecule has 1 aromatic carbocycles. The second-order valence-electron chi connectivity index (χ2n) is 8.91. The van der Waals surface area contributed by atoms with Gasteiger partial charge in [-0.25, -0.2) is 13.4 Å². The molecule has 1 saturated heterocycles. The molecule has 0 amide bonds. The predicted octanol–water partition coefficient (Wildman–Crippen LogP) is 2.73.